The van der Waals surface area contributed by atoms with Gasteiger partial charge in [0.2, 0.25) is 10.0 Å². The fourth-order valence-corrected chi connectivity index (χ4v) is 2.54. The molecular formula is C12H15FN2O3S. The molecule has 104 valence electrons. The molecular weight excluding hydrogens is 271 g/mol. The Morgan fingerprint density at radius 1 is 1.53 bits per heavy atom. The van der Waals surface area contributed by atoms with Crippen LogP contribution < -0.4 is 9.88 Å². The van der Waals surface area contributed by atoms with E-state index in [1.165, 1.54) is 12.1 Å². The van der Waals surface area contributed by atoms with Crippen molar-refractivity contribution in [3.05, 3.63) is 29.6 Å². The third kappa shape index (κ3) is 4.85. The van der Waals surface area contributed by atoms with Gasteiger partial charge in [-0.2, -0.15) is 5.26 Å². The quantitative estimate of drug-likeness (QED) is 0.855. The van der Waals surface area contributed by atoms with E-state index in [1.54, 1.807) is 13.0 Å². The lowest BCUT2D eigenvalue weighted by Gasteiger charge is -2.15. The van der Waals surface area contributed by atoms with Crippen molar-refractivity contribution in [3.63, 3.8) is 0 Å². The number of nitriles is 1. The zero-order chi connectivity index (χ0) is 14.5. The molecule has 0 saturated heterocycles. The van der Waals surface area contributed by atoms with Gasteiger partial charge >= 0.3 is 0 Å². The van der Waals surface area contributed by atoms with E-state index in [4.69, 9.17) is 15.1 Å². The van der Waals surface area contributed by atoms with E-state index in [0.717, 1.165) is 6.07 Å². The van der Waals surface area contributed by atoms with Crippen molar-refractivity contribution < 1.29 is 17.5 Å². The van der Waals surface area contributed by atoms with Crippen LogP contribution in [0.1, 0.15) is 18.9 Å². The van der Waals surface area contributed by atoms with Gasteiger partial charge in [0.15, 0.2) is 0 Å². The van der Waals surface area contributed by atoms with Gasteiger partial charge in [0, 0.05) is 5.92 Å². The summed E-state index contributed by atoms with van der Waals surface area (Å²) in [6.45, 7) is 1.86. The predicted molar refractivity (Wildman–Crippen MR) is 68.4 cm³/mol. The summed E-state index contributed by atoms with van der Waals surface area (Å²) in [6.07, 6.45) is 0.549. The van der Waals surface area contributed by atoms with Crippen LogP contribution >= 0.6 is 0 Å². The number of hydrogen-bond donors (Lipinski definition) is 1. The largest absolute Gasteiger partial charge is 0.492 e. The van der Waals surface area contributed by atoms with Crippen molar-refractivity contribution >= 4 is 10.0 Å². The Morgan fingerprint density at radius 3 is 2.74 bits per heavy atom. The average molecular weight is 286 g/mol. The van der Waals surface area contributed by atoms with E-state index >= 15 is 0 Å². The standard InChI is InChI=1S/C12H15FN2O3S/c1-2-9(8-19(15,16)17)7-18-12-5-3-4-11(13)10(12)6-14/h3-5,9H,2,7-8H2,1H3,(H2,15,16,17). The maximum Gasteiger partial charge on any atom is 0.209 e. The number of benzene rings is 1. The second kappa shape index (κ2) is 6.50. The summed E-state index contributed by atoms with van der Waals surface area (Å²) in [5.41, 5.74) is -0.187. The first-order valence-electron chi connectivity index (χ1n) is 5.69. The number of sulfonamides is 1. The van der Waals surface area contributed by atoms with Crippen LogP contribution in [0.5, 0.6) is 5.75 Å². The summed E-state index contributed by atoms with van der Waals surface area (Å²) in [7, 11) is -3.58. The van der Waals surface area contributed by atoms with E-state index in [2.05, 4.69) is 0 Å². The minimum atomic E-state index is -3.58. The van der Waals surface area contributed by atoms with Gasteiger partial charge in [-0.1, -0.05) is 13.0 Å². The lowest BCUT2D eigenvalue weighted by molar-refractivity contribution is 0.256. The first-order valence-corrected chi connectivity index (χ1v) is 7.40. The maximum absolute atomic E-state index is 13.3. The van der Waals surface area contributed by atoms with Gasteiger partial charge in [0.05, 0.1) is 12.4 Å². The molecule has 1 aromatic carbocycles. The SMILES string of the molecule is CCC(COc1cccc(F)c1C#N)CS(N)(=O)=O. The fourth-order valence-electron chi connectivity index (χ4n) is 1.55. The van der Waals surface area contributed by atoms with E-state index in [-0.39, 0.29) is 29.6 Å². The molecule has 0 heterocycles. The molecule has 2 N–H and O–H groups in total. The predicted octanol–water partition coefficient (Wildman–Crippen LogP) is 1.39. The van der Waals surface area contributed by atoms with Gasteiger partial charge in [0.1, 0.15) is 23.2 Å². The van der Waals surface area contributed by atoms with Gasteiger partial charge < -0.3 is 4.74 Å². The summed E-state index contributed by atoms with van der Waals surface area (Å²) in [4.78, 5) is 0. The molecule has 0 spiro atoms. The van der Waals surface area contributed by atoms with Crippen LogP contribution in [0.15, 0.2) is 18.2 Å². The molecule has 19 heavy (non-hydrogen) atoms. The molecule has 0 aliphatic rings. The Balaban J connectivity index is 2.76. The summed E-state index contributed by atoms with van der Waals surface area (Å²) in [5.74, 6) is -1.07. The van der Waals surface area contributed by atoms with Crippen LogP contribution in [0.2, 0.25) is 0 Å². The Labute approximate surface area is 111 Å². The zero-order valence-corrected chi connectivity index (χ0v) is 11.3. The molecule has 0 fully saturated rings. The summed E-state index contributed by atoms with van der Waals surface area (Å²) in [6, 6.07) is 5.76. The summed E-state index contributed by atoms with van der Waals surface area (Å²) in [5, 5.41) is 13.8. The van der Waals surface area contributed by atoms with Crippen molar-refractivity contribution in [3.8, 4) is 11.8 Å². The Bertz CT molecular complexity index is 581. The first kappa shape index (κ1) is 15.4. The number of hydrogen-bond acceptors (Lipinski definition) is 4. The summed E-state index contributed by atoms with van der Waals surface area (Å²) >= 11 is 0. The highest BCUT2D eigenvalue weighted by molar-refractivity contribution is 7.89. The number of nitrogens with zero attached hydrogens (tertiary/aromatic N) is 1. The summed E-state index contributed by atoms with van der Waals surface area (Å²) < 4.78 is 40.6. The van der Waals surface area contributed by atoms with Gasteiger partial charge in [0.25, 0.3) is 0 Å². The van der Waals surface area contributed by atoms with Crippen molar-refractivity contribution in [2.75, 3.05) is 12.4 Å². The second-order valence-electron chi connectivity index (χ2n) is 4.14. The molecule has 7 heteroatoms. The molecule has 1 rings (SSSR count). The highest BCUT2D eigenvalue weighted by Gasteiger charge is 2.16. The van der Waals surface area contributed by atoms with E-state index in [0.29, 0.717) is 6.42 Å². The topological polar surface area (TPSA) is 93.2 Å². The van der Waals surface area contributed by atoms with Crippen LogP contribution in [-0.2, 0) is 10.0 Å². The monoisotopic (exact) mass is 286 g/mol. The van der Waals surface area contributed by atoms with Crippen LogP contribution in [0.3, 0.4) is 0 Å². The fraction of sp³-hybridized carbons (Fsp3) is 0.417. The first-order chi connectivity index (χ1) is 8.87. The highest BCUT2D eigenvalue weighted by Crippen LogP contribution is 2.21. The molecule has 0 amide bonds. The third-order valence-corrected chi connectivity index (χ3v) is 3.54. The number of nitrogens with two attached hydrogens (primary N) is 1. The third-order valence-electron chi connectivity index (χ3n) is 2.61. The Kier molecular flexibility index (Phi) is 5.27. The minimum Gasteiger partial charge on any atom is -0.492 e. The minimum absolute atomic E-state index is 0.0606. The number of ether oxygens (including phenoxy) is 1. The molecule has 5 nitrogen and oxygen atoms in total. The van der Waals surface area contributed by atoms with Crippen molar-refractivity contribution in [2.45, 2.75) is 13.3 Å². The van der Waals surface area contributed by atoms with Crippen molar-refractivity contribution in [2.24, 2.45) is 11.1 Å². The molecule has 0 bridgehead atoms. The van der Waals surface area contributed by atoms with Crippen LogP contribution in [0, 0.1) is 23.1 Å². The number of primary sulfonamides is 1. The molecule has 1 atom stereocenters. The van der Waals surface area contributed by atoms with Gasteiger partial charge in [-0.05, 0) is 18.6 Å². The number of rotatable bonds is 6. The Morgan fingerprint density at radius 2 is 2.21 bits per heavy atom. The van der Waals surface area contributed by atoms with Crippen molar-refractivity contribution in [1.29, 1.82) is 5.26 Å². The van der Waals surface area contributed by atoms with Crippen LogP contribution in [-0.4, -0.2) is 20.8 Å². The molecule has 0 aliphatic carbocycles. The molecule has 0 aliphatic heterocycles. The van der Waals surface area contributed by atoms with Gasteiger partial charge in [-0.3, -0.25) is 0 Å². The van der Waals surface area contributed by atoms with Crippen LogP contribution in [0.4, 0.5) is 4.39 Å². The zero-order valence-electron chi connectivity index (χ0n) is 10.5. The van der Waals surface area contributed by atoms with E-state index in [1.807, 2.05) is 0 Å². The average Bonchev–Trinajstić information content (AvgIpc) is 2.33. The normalized spacial score (nSPS) is 12.7. The van der Waals surface area contributed by atoms with Crippen molar-refractivity contribution in [1.82, 2.24) is 0 Å². The molecule has 0 radical (unpaired) electrons. The Hall–Kier alpha value is -1.65. The smallest absolute Gasteiger partial charge is 0.209 e. The van der Waals surface area contributed by atoms with Gasteiger partial charge in [-0.25, -0.2) is 17.9 Å². The number of halogens is 1. The second-order valence-corrected chi connectivity index (χ2v) is 5.80. The lowest BCUT2D eigenvalue weighted by atomic mass is 10.1. The molecule has 0 saturated carbocycles. The molecule has 1 aromatic rings. The lowest BCUT2D eigenvalue weighted by Crippen LogP contribution is -2.26. The molecule has 0 aromatic heterocycles. The van der Waals surface area contributed by atoms with E-state index < -0.39 is 15.8 Å². The maximum atomic E-state index is 13.3. The van der Waals surface area contributed by atoms with Gasteiger partial charge in [-0.15, -0.1) is 0 Å². The van der Waals surface area contributed by atoms with E-state index in [9.17, 15) is 12.8 Å². The molecule has 1 unspecified atom stereocenters. The highest BCUT2D eigenvalue weighted by atomic mass is 32.2. The van der Waals surface area contributed by atoms with Crippen LogP contribution in [0.25, 0.3) is 0 Å².